The number of ketones is 1. The molecule has 1 aliphatic heterocycles. The number of carbonyl (C=O) groups excluding carboxylic acids is 1. The van der Waals surface area contributed by atoms with Crippen LogP contribution in [-0.4, -0.2) is 49.0 Å². The number of hydroxylamine groups is 2. The zero-order valence-electron chi connectivity index (χ0n) is 14.3. The fourth-order valence-corrected chi connectivity index (χ4v) is 4.03. The lowest BCUT2D eigenvalue weighted by Crippen LogP contribution is -3.19. The van der Waals surface area contributed by atoms with E-state index in [4.69, 9.17) is 10.5 Å². The number of hydrogen-bond acceptors (Lipinski definition) is 5. The zero-order valence-corrected chi connectivity index (χ0v) is 14.3. The van der Waals surface area contributed by atoms with Crippen LogP contribution in [0.15, 0.2) is 0 Å². The Kier molecular flexibility index (Phi) is 6.94. The van der Waals surface area contributed by atoms with Crippen molar-refractivity contribution in [1.29, 1.82) is 0 Å². The van der Waals surface area contributed by atoms with Crippen molar-refractivity contribution in [3.8, 4) is 0 Å². The van der Waals surface area contributed by atoms with Gasteiger partial charge in [-0.05, 0) is 32.1 Å². The number of nitrogens with one attached hydrogen (secondary N) is 2. The maximum atomic E-state index is 12.6. The van der Waals surface area contributed by atoms with E-state index in [1.54, 1.807) is 0 Å². The summed E-state index contributed by atoms with van der Waals surface area (Å²) in [4.78, 5) is 13.8. The molecule has 0 aromatic rings. The van der Waals surface area contributed by atoms with E-state index < -0.39 is 11.3 Å². The van der Waals surface area contributed by atoms with Gasteiger partial charge >= 0.3 is 0 Å². The third-order valence-corrected chi connectivity index (χ3v) is 5.48. The van der Waals surface area contributed by atoms with Crippen molar-refractivity contribution in [2.24, 2.45) is 17.6 Å². The molecule has 2 fully saturated rings. The summed E-state index contributed by atoms with van der Waals surface area (Å²) in [6.07, 6.45) is 3.61. The second-order valence-electron chi connectivity index (χ2n) is 7.24. The molecule has 7 nitrogen and oxygen atoms in total. The molecule has 1 heterocycles. The average molecular weight is 330 g/mol. The summed E-state index contributed by atoms with van der Waals surface area (Å²) in [5.41, 5.74) is 6.18. The van der Waals surface area contributed by atoms with Crippen LogP contribution in [0.3, 0.4) is 0 Å². The highest BCUT2D eigenvalue weighted by Gasteiger charge is 2.40. The first-order valence-electron chi connectivity index (χ1n) is 8.89. The van der Waals surface area contributed by atoms with Gasteiger partial charge in [-0.2, -0.15) is 0 Å². The number of likely N-dealkylation sites (tertiary alicyclic amines) is 1. The van der Waals surface area contributed by atoms with Crippen LogP contribution in [0.2, 0.25) is 0 Å². The molecule has 1 saturated heterocycles. The van der Waals surface area contributed by atoms with E-state index >= 15 is 0 Å². The smallest absolute Gasteiger partial charge is 0.190 e. The monoisotopic (exact) mass is 330 g/mol. The third-order valence-electron chi connectivity index (χ3n) is 5.48. The second kappa shape index (κ2) is 8.50. The molecule has 134 valence electrons. The van der Waals surface area contributed by atoms with Gasteiger partial charge < -0.3 is 14.8 Å². The van der Waals surface area contributed by atoms with Gasteiger partial charge in [0.05, 0.1) is 6.54 Å². The standard InChI is InChI=1S/C16H31N3O4/c1-3-23-15-5-4-12(9-13(15)19(21)22)14(20)10-18-7-6-11(2)8-16(18)17/h11-13,15-16,19,21H,3-10,17H2,1-2H3/p+1. The molecule has 0 amide bonds. The Morgan fingerprint density at radius 2 is 2.13 bits per heavy atom. The summed E-state index contributed by atoms with van der Waals surface area (Å²) < 4.78 is 5.55. The molecule has 23 heavy (non-hydrogen) atoms. The molecule has 1 aliphatic carbocycles. The average Bonchev–Trinajstić information content (AvgIpc) is 2.50. The number of rotatable bonds is 6. The molecule has 5 N–H and O–H groups in total. The largest absolute Gasteiger partial charge is 0.600 e. The van der Waals surface area contributed by atoms with Gasteiger partial charge in [-0.15, -0.1) is 0 Å². The number of ether oxygens (including phenoxy) is 1. The quantitative estimate of drug-likeness (QED) is 0.444. The zero-order chi connectivity index (χ0) is 17.0. The number of hydrogen-bond donors (Lipinski definition) is 4. The van der Waals surface area contributed by atoms with Crippen molar-refractivity contribution in [2.45, 2.75) is 64.3 Å². The summed E-state index contributed by atoms with van der Waals surface area (Å²) in [6.45, 7) is 5.95. The van der Waals surface area contributed by atoms with Gasteiger partial charge in [0.1, 0.15) is 24.9 Å². The van der Waals surface area contributed by atoms with Crippen LogP contribution in [0.1, 0.15) is 46.0 Å². The summed E-state index contributed by atoms with van der Waals surface area (Å²) in [6, 6.07) is -0.567. The maximum Gasteiger partial charge on any atom is 0.190 e. The number of quaternary nitrogens is 2. The molecule has 1 saturated carbocycles. The maximum absolute atomic E-state index is 12.6. The first kappa shape index (κ1) is 18.8. The molecule has 2 aliphatic rings. The Balaban J connectivity index is 1.90. The Bertz CT molecular complexity index is 394. The number of nitrogens with two attached hydrogens (primary N) is 1. The summed E-state index contributed by atoms with van der Waals surface area (Å²) in [7, 11) is 0. The normalized spacial score (nSPS) is 39.9. The first-order chi connectivity index (χ1) is 10.9. The van der Waals surface area contributed by atoms with Gasteiger partial charge in [0, 0.05) is 25.4 Å². The minimum atomic E-state index is -0.850. The molecular formula is C16H32N3O4+. The lowest BCUT2D eigenvalue weighted by Gasteiger charge is -2.38. The minimum absolute atomic E-state index is 0.0257. The van der Waals surface area contributed by atoms with Crippen LogP contribution in [0.4, 0.5) is 0 Å². The SMILES string of the molecule is CCOC1CCC(C(=O)C[NH+]2CCC(C)CC2N)CC1[NH+]([O-])O. The molecule has 0 radical (unpaired) electrons. The van der Waals surface area contributed by atoms with Crippen LogP contribution in [-0.2, 0) is 9.53 Å². The summed E-state index contributed by atoms with van der Waals surface area (Å²) in [5, 5.41) is 20.0. The Morgan fingerprint density at radius 3 is 2.74 bits per heavy atom. The lowest BCUT2D eigenvalue weighted by atomic mass is 9.81. The topological polar surface area (TPSA) is 104 Å². The second-order valence-corrected chi connectivity index (χ2v) is 7.24. The van der Waals surface area contributed by atoms with E-state index in [0.717, 1.165) is 30.7 Å². The fraction of sp³-hybridized carbons (Fsp3) is 0.938. The Hall–Kier alpha value is -0.570. The van der Waals surface area contributed by atoms with Crippen LogP contribution >= 0.6 is 0 Å². The molecule has 0 bridgehead atoms. The van der Waals surface area contributed by atoms with E-state index in [1.807, 2.05) is 6.92 Å². The van der Waals surface area contributed by atoms with E-state index in [1.165, 1.54) is 0 Å². The van der Waals surface area contributed by atoms with Crippen molar-refractivity contribution in [3.63, 3.8) is 0 Å². The van der Waals surface area contributed by atoms with Crippen LogP contribution in [0.5, 0.6) is 0 Å². The first-order valence-corrected chi connectivity index (χ1v) is 8.89. The molecule has 7 heteroatoms. The van der Waals surface area contributed by atoms with Gasteiger partial charge in [-0.3, -0.25) is 10.5 Å². The van der Waals surface area contributed by atoms with Crippen LogP contribution in [0, 0.1) is 17.0 Å². The van der Waals surface area contributed by atoms with E-state index in [2.05, 4.69) is 6.92 Å². The van der Waals surface area contributed by atoms with Gasteiger partial charge in [-0.25, -0.2) is 10.4 Å². The van der Waals surface area contributed by atoms with Gasteiger partial charge in [0.2, 0.25) is 0 Å². The number of piperidine rings is 1. The van der Waals surface area contributed by atoms with Crippen molar-refractivity contribution >= 4 is 5.78 Å². The highest BCUT2D eigenvalue weighted by molar-refractivity contribution is 5.82. The number of carbonyl (C=O) groups is 1. The predicted octanol–water partition coefficient (Wildman–Crippen LogP) is -1.50. The molecular weight excluding hydrogens is 298 g/mol. The summed E-state index contributed by atoms with van der Waals surface area (Å²) in [5.74, 6) is 0.639. The lowest BCUT2D eigenvalue weighted by molar-refractivity contribution is -1.07. The van der Waals surface area contributed by atoms with E-state index in [9.17, 15) is 15.2 Å². The molecule has 0 spiro atoms. The minimum Gasteiger partial charge on any atom is -0.600 e. The highest BCUT2D eigenvalue weighted by Crippen LogP contribution is 2.26. The van der Waals surface area contributed by atoms with Crippen molar-refractivity contribution in [3.05, 3.63) is 5.21 Å². The van der Waals surface area contributed by atoms with Crippen molar-refractivity contribution in [2.75, 3.05) is 19.7 Å². The Morgan fingerprint density at radius 1 is 1.39 bits per heavy atom. The molecule has 0 aromatic heterocycles. The Labute approximate surface area is 138 Å². The van der Waals surface area contributed by atoms with E-state index in [-0.39, 0.29) is 24.0 Å². The van der Waals surface area contributed by atoms with Crippen molar-refractivity contribution < 1.29 is 24.9 Å². The highest BCUT2D eigenvalue weighted by atomic mass is 16.8. The molecule has 7 unspecified atom stereocenters. The molecule has 7 atom stereocenters. The number of Topliss-reactive ketones (excluding diaryl/α,β-unsaturated/α-hetero) is 1. The van der Waals surface area contributed by atoms with Crippen molar-refractivity contribution in [1.82, 2.24) is 0 Å². The predicted molar refractivity (Wildman–Crippen MR) is 84.7 cm³/mol. The third kappa shape index (κ3) is 4.95. The molecule has 2 rings (SSSR count). The van der Waals surface area contributed by atoms with Crippen LogP contribution < -0.4 is 15.9 Å². The molecule has 0 aromatic carbocycles. The summed E-state index contributed by atoms with van der Waals surface area (Å²) >= 11 is 0. The van der Waals surface area contributed by atoms with Gasteiger partial charge in [0.25, 0.3) is 0 Å². The van der Waals surface area contributed by atoms with E-state index in [0.29, 0.717) is 31.9 Å². The van der Waals surface area contributed by atoms with Gasteiger partial charge in [0.15, 0.2) is 5.78 Å². The fourth-order valence-electron chi connectivity index (χ4n) is 4.03. The van der Waals surface area contributed by atoms with Crippen LogP contribution in [0.25, 0.3) is 0 Å². The van der Waals surface area contributed by atoms with Gasteiger partial charge in [-0.1, -0.05) is 6.92 Å².